The van der Waals surface area contributed by atoms with Crippen LogP contribution in [0.25, 0.3) is 10.8 Å². The molecule has 0 heterocycles. The van der Waals surface area contributed by atoms with Crippen LogP contribution in [-0.2, 0) is 11.3 Å². The van der Waals surface area contributed by atoms with Gasteiger partial charge in [0, 0.05) is 18.3 Å². The van der Waals surface area contributed by atoms with Crippen molar-refractivity contribution < 1.29 is 9.53 Å². The predicted molar refractivity (Wildman–Crippen MR) is 107 cm³/mol. The van der Waals surface area contributed by atoms with Gasteiger partial charge in [-0.1, -0.05) is 55.5 Å². The van der Waals surface area contributed by atoms with Gasteiger partial charge in [-0.25, -0.2) is 0 Å². The van der Waals surface area contributed by atoms with Crippen molar-refractivity contribution >= 4 is 22.4 Å². The molecule has 0 aliphatic rings. The number of carbonyl (C=O) groups is 1. The monoisotopic (exact) mass is 348 g/mol. The second-order valence-electron chi connectivity index (χ2n) is 6.22. The summed E-state index contributed by atoms with van der Waals surface area (Å²) in [7, 11) is 1.62. The number of benzene rings is 3. The van der Waals surface area contributed by atoms with Gasteiger partial charge in [0.05, 0.1) is 13.7 Å². The number of ether oxygens (including phenoxy) is 1. The first-order valence-electron chi connectivity index (χ1n) is 8.82. The molecule has 134 valence electrons. The zero-order chi connectivity index (χ0) is 18.4. The van der Waals surface area contributed by atoms with Crippen LogP contribution in [-0.4, -0.2) is 31.0 Å². The second kappa shape index (κ2) is 8.50. The molecule has 0 bridgehead atoms. The fraction of sp³-hybridized carbons (Fsp3) is 0.227. The average Bonchev–Trinajstić information content (AvgIpc) is 2.67. The Morgan fingerprint density at radius 2 is 1.81 bits per heavy atom. The van der Waals surface area contributed by atoms with Crippen LogP contribution < -0.4 is 10.1 Å². The SMILES string of the molecule is CCN(CC(=O)Nc1cccc(OC)c1)Cc1cccc2ccccc12. The molecule has 0 spiro atoms. The van der Waals surface area contributed by atoms with Gasteiger partial charge < -0.3 is 10.1 Å². The Kier molecular flexibility index (Phi) is 5.87. The van der Waals surface area contributed by atoms with Crippen LogP contribution >= 0.6 is 0 Å². The number of nitrogens with zero attached hydrogens (tertiary/aromatic N) is 1. The summed E-state index contributed by atoms with van der Waals surface area (Å²) in [6.07, 6.45) is 0. The molecule has 0 fully saturated rings. The summed E-state index contributed by atoms with van der Waals surface area (Å²) < 4.78 is 5.20. The van der Waals surface area contributed by atoms with Gasteiger partial charge in [-0.3, -0.25) is 9.69 Å². The van der Waals surface area contributed by atoms with Crippen LogP contribution in [0.5, 0.6) is 5.75 Å². The van der Waals surface area contributed by atoms with Crippen molar-refractivity contribution in [3.8, 4) is 5.75 Å². The average molecular weight is 348 g/mol. The lowest BCUT2D eigenvalue weighted by Crippen LogP contribution is -2.32. The number of amides is 1. The number of hydrogen-bond acceptors (Lipinski definition) is 3. The van der Waals surface area contributed by atoms with E-state index in [0.717, 1.165) is 24.5 Å². The maximum absolute atomic E-state index is 12.4. The van der Waals surface area contributed by atoms with E-state index >= 15 is 0 Å². The molecule has 0 unspecified atom stereocenters. The fourth-order valence-electron chi connectivity index (χ4n) is 3.06. The van der Waals surface area contributed by atoms with Gasteiger partial charge in [-0.2, -0.15) is 0 Å². The molecule has 0 aliphatic heterocycles. The van der Waals surface area contributed by atoms with Gasteiger partial charge in [0.2, 0.25) is 5.91 Å². The Hall–Kier alpha value is -2.85. The molecule has 26 heavy (non-hydrogen) atoms. The van der Waals surface area contributed by atoms with Crippen molar-refractivity contribution in [2.75, 3.05) is 25.5 Å². The molecule has 0 saturated heterocycles. The number of methoxy groups -OCH3 is 1. The smallest absolute Gasteiger partial charge is 0.238 e. The highest BCUT2D eigenvalue weighted by molar-refractivity contribution is 5.92. The molecule has 3 aromatic carbocycles. The minimum Gasteiger partial charge on any atom is -0.497 e. The third-order valence-corrected chi connectivity index (χ3v) is 4.44. The zero-order valence-electron chi connectivity index (χ0n) is 15.2. The summed E-state index contributed by atoms with van der Waals surface area (Å²) in [6.45, 7) is 3.96. The van der Waals surface area contributed by atoms with Gasteiger partial charge in [0.25, 0.3) is 0 Å². The van der Waals surface area contributed by atoms with Crippen LogP contribution in [0.4, 0.5) is 5.69 Å². The number of hydrogen-bond donors (Lipinski definition) is 1. The van der Waals surface area contributed by atoms with E-state index in [-0.39, 0.29) is 5.91 Å². The first-order chi connectivity index (χ1) is 12.7. The summed E-state index contributed by atoms with van der Waals surface area (Å²) in [6, 6.07) is 22.1. The summed E-state index contributed by atoms with van der Waals surface area (Å²) in [5.41, 5.74) is 1.98. The molecular weight excluding hydrogens is 324 g/mol. The number of nitrogens with one attached hydrogen (secondary N) is 1. The number of fused-ring (bicyclic) bond motifs is 1. The van der Waals surface area contributed by atoms with E-state index in [1.165, 1.54) is 16.3 Å². The Balaban J connectivity index is 1.68. The van der Waals surface area contributed by atoms with E-state index in [1.807, 2.05) is 30.3 Å². The molecular formula is C22H24N2O2. The highest BCUT2D eigenvalue weighted by atomic mass is 16.5. The maximum atomic E-state index is 12.4. The molecule has 3 aromatic rings. The second-order valence-corrected chi connectivity index (χ2v) is 6.22. The first-order valence-corrected chi connectivity index (χ1v) is 8.82. The minimum atomic E-state index is -0.0275. The summed E-state index contributed by atoms with van der Waals surface area (Å²) >= 11 is 0. The van der Waals surface area contributed by atoms with Crippen molar-refractivity contribution in [1.82, 2.24) is 4.90 Å². The van der Waals surface area contributed by atoms with E-state index in [2.05, 4.69) is 53.5 Å². The van der Waals surface area contributed by atoms with Gasteiger partial charge in [-0.15, -0.1) is 0 Å². The summed E-state index contributed by atoms with van der Waals surface area (Å²) in [5.74, 6) is 0.700. The number of rotatable bonds is 7. The van der Waals surface area contributed by atoms with Crippen LogP contribution in [0.15, 0.2) is 66.7 Å². The first kappa shape index (κ1) is 18.0. The van der Waals surface area contributed by atoms with Crippen LogP contribution in [0.3, 0.4) is 0 Å². The van der Waals surface area contributed by atoms with Crippen molar-refractivity contribution in [2.24, 2.45) is 0 Å². The fourth-order valence-corrected chi connectivity index (χ4v) is 3.06. The molecule has 1 amide bonds. The molecule has 0 aliphatic carbocycles. The summed E-state index contributed by atoms with van der Waals surface area (Å²) in [5, 5.41) is 5.41. The largest absolute Gasteiger partial charge is 0.497 e. The maximum Gasteiger partial charge on any atom is 0.238 e. The predicted octanol–water partition coefficient (Wildman–Crippen LogP) is 4.31. The Labute approximate surface area is 154 Å². The molecule has 0 atom stereocenters. The lowest BCUT2D eigenvalue weighted by atomic mass is 10.0. The summed E-state index contributed by atoms with van der Waals surface area (Å²) in [4.78, 5) is 14.6. The normalized spacial score (nSPS) is 10.9. The quantitative estimate of drug-likeness (QED) is 0.692. The number of anilines is 1. The van der Waals surface area contributed by atoms with Crippen molar-refractivity contribution in [3.05, 3.63) is 72.3 Å². The number of carbonyl (C=O) groups excluding carboxylic acids is 1. The van der Waals surface area contributed by atoms with Gasteiger partial charge in [0.15, 0.2) is 0 Å². The van der Waals surface area contributed by atoms with E-state index in [9.17, 15) is 4.79 Å². The van der Waals surface area contributed by atoms with Crippen molar-refractivity contribution in [3.63, 3.8) is 0 Å². The van der Waals surface area contributed by atoms with Gasteiger partial charge in [0.1, 0.15) is 5.75 Å². The van der Waals surface area contributed by atoms with E-state index in [0.29, 0.717) is 6.54 Å². The highest BCUT2D eigenvalue weighted by Crippen LogP contribution is 2.20. The topological polar surface area (TPSA) is 41.6 Å². The Morgan fingerprint density at radius 1 is 1.04 bits per heavy atom. The molecule has 4 heteroatoms. The molecule has 1 N–H and O–H groups in total. The molecule has 3 rings (SSSR count). The van der Waals surface area contributed by atoms with Gasteiger partial charge >= 0.3 is 0 Å². The van der Waals surface area contributed by atoms with E-state index in [4.69, 9.17) is 4.74 Å². The van der Waals surface area contributed by atoms with Crippen molar-refractivity contribution in [1.29, 1.82) is 0 Å². The van der Waals surface area contributed by atoms with Crippen LogP contribution in [0, 0.1) is 0 Å². The van der Waals surface area contributed by atoms with Crippen LogP contribution in [0.2, 0.25) is 0 Å². The third kappa shape index (κ3) is 4.41. The van der Waals surface area contributed by atoms with Crippen molar-refractivity contribution in [2.45, 2.75) is 13.5 Å². The van der Waals surface area contributed by atoms with Gasteiger partial charge in [-0.05, 0) is 35.0 Å². The van der Waals surface area contributed by atoms with Crippen LogP contribution in [0.1, 0.15) is 12.5 Å². The molecule has 0 radical (unpaired) electrons. The van der Waals surface area contributed by atoms with E-state index < -0.39 is 0 Å². The molecule has 4 nitrogen and oxygen atoms in total. The van der Waals surface area contributed by atoms with E-state index in [1.54, 1.807) is 7.11 Å². The Morgan fingerprint density at radius 3 is 2.62 bits per heavy atom. The molecule has 0 aromatic heterocycles. The standard InChI is InChI=1S/C22H24N2O2/c1-3-24(15-18-10-6-9-17-8-4-5-13-21(17)18)16-22(25)23-19-11-7-12-20(14-19)26-2/h4-14H,3,15-16H2,1-2H3,(H,23,25). The lowest BCUT2D eigenvalue weighted by Gasteiger charge is -2.21. The number of likely N-dealkylation sites (N-methyl/N-ethyl adjacent to an activating group) is 1. The lowest BCUT2D eigenvalue weighted by molar-refractivity contribution is -0.117. The third-order valence-electron chi connectivity index (χ3n) is 4.44. The highest BCUT2D eigenvalue weighted by Gasteiger charge is 2.12. The molecule has 0 saturated carbocycles. The minimum absolute atomic E-state index is 0.0275. The Bertz CT molecular complexity index is 887. The zero-order valence-corrected chi connectivity index (χ0v) is 15.2.